The van der Waals surface area contributed by atoms with Gasteiger partial charge in [0.25, 0.3) is 0 Å². The predicted molar refractivity (Wildman–Crippen MR) is 131 cm³/mol. The molecular weight excluding hydrogens is 388 g/mol. The molecule has 0 atom stereocenters. The zero-order valence-corrected chi connectivity index (χ0v) is 19.4. The number of carbonyl (C=O) groups is 1. The lowest BCUT2D eigenvalue weighted by Gasteiger charge is -2.05. The average molecular weight is 425 g/mol. The van der Waals surface area contributed by atoms with Crippen molar-refractivity contribution in [3.63, 3.8) is 0 Å². The van der Waals surface area contributed by atoms with Crippen molar-refractivity contribution in [1.29, 1.82) is 0 Å². The average Bonchev–Trinajstić information content (AvgIpc) is 2.78. The number of hydrogen-bond donors (Lipinski definition) is 0. The summed E-state index contributed by atoms with van der Waals surface area (Å²) in [4.78, 5) is 11.1. The van der Waals surface area contributed by atoms with Gasteiger partial charge in [-0.05, 0) is 66.5 Å². The van der Waals surface area contributed by atoms with E-state index in [1.165, 1.54) is 55.0 Å². The van der Waals surface area contributed by atoms with E-state index in [2.05, 4.69) is 72.3 Å². The summed E-state index contributed by atoms with van der Waals surface area (Å²) in [5.74, 6) is 1.29. The highest BCUT2D eigenvalue weighted by Gasteiger charge is 2.01. The monoisotopic (exact) mass is 424 g/mol. The number of esters is 1. The number of ether oxygens (including phenoxy) is 1. The van der Waals surface area contributed by atoms with E-state index in [1.807, 2.05) is 0 Å². The number of methoxy groups -OCH3 is 1. The largest absolute Gasteiger partial charge is 0.468 e. The number of benzene rings is 2. The quantitative estimate of drug-likeness (QED) is 0.244. The Morgan fingerprint density at radius 2 is 1.67 bits per heavy atom. The van der Waals surface area contributed by atoms with Crippen LogP contribution in [0.3, 0.4) is 0 Å². The molecule has 30 heavy (non-hydrogen) atoms. The molecule has 2 aromatic carbocycles. The lowest BCUT2D eigenvalue weighted by Crippen LogP contribution is -2.03. The molecule has 3 heteroatoms. The Kier molecular flexibility index (Phi) is 12.1. The van der Waals surface area contributed by atoms with Crippen LogP contribution >= 0.6 is 11.8 Å². The Hall–Kier alpha value is -2.00. The molecule has 0 aliphatic rings. The van der Waals surface area contributed by atoms with Crippen molar-refractivity contribution in [1.82, 2.24) is 0 Å². The molecule has 0 bridgehead atoms. The minimum atomic E-state index is -0.141. The number of unbranched alkanes of at least 4 members (excludes halogenated alkanes) is 2. The van der Waals surface area contributed by atoms with Gasteiger partial charge in [0.05, 0.1) is 12.9 Å². The van der Waals surface area contributed by atoms with Crippen molar-refractivity contribution in [2.75, 3.05) is 18.6 Å². The van der Waals surface area contributed by atoms with Gasteiger partial charge < -0.3 is 4.74 Å². The first kappa shape index (κ1) is 24.3. The first-order valence-electron chi connectivity index (χ1n) is 11.2. The molecule has 0 saturated carbocycles. The fraction of sp³-hybridized carbons (Fsp3) is 0.444. The first-order valence-corrected chi connectivity index (χ1v) is 12.3. The summed E-state index contributed by atoms with van der Waals surface area (Å²) in [5, 5.41) is 0. The topological polar surface area (TPSA) is 26.3 Å². The fourth-order valence-corrected chi connectivity index (χ4v) is 4.15. The summed E-state index contributed by atoms with van der Waals surface area (Å²) < 4.78 is 4.66. The Labute approximate surface area is 187 Å². The van der Waals surface area contributed by atoms with Crippen molar-refractivity contribution in [3.05, 3.63) is 76.9 Å². The van der Waals surface area contributed by atoms with Crippen LogP contribution in [0.4, 0.5) is 0 Å². The van der Waals surface area contributed by atoms with Gasteiger partial charge in [0.2, 0.25) is 0 Å². The lowest BCUT2D eigenvalue weighted by atomic mass is 10.0. The zero-order chi connectivity index (χ0) is 21.4. The Balaban J connectivity index is 1.69. The molecule has 162 valence electrons. The molecule has 0 aliphatic carbocycles. The van der Waals surface area contributed by atoms with Gasteiger partial charge >= 0.3 is 5.97 Å². The smallest absolute Gasteiger partial charge is 0.315 e. The van der Waals surface area contributed by atoms with Crippen LogP contribution in [0.5, 0.6) is 0 Å². The maximum atomic E-state index is 11.1. The molecule has 2 nitrogen and oxygen atoms in total. The van der Waals surface area contributed by atoms with Crippen LogP contribution in [0.2, 0.25) is 0 Å². The summed E-state index contributed by atoms with van der Waals surface area (Å²) in [7, 11) is 1.44. The summed E-state index contributed by atoms with van der Waals surface area (Å²) in [6, 6.07) is 17.9. The Bertz CT molecular complexity index is 765. The van der Waals surface area contributed by atoms with Gasteiger partial charge in [-0.15, -0.1) is 0 Å². The molecule has 0 saturated heterocycles. The summed E-state index contributed by atoms with van der Waals surface area (Å²) in [6.45, 7) is 2.25. The van der Waals surface area contributed by atoms with Crippen LogP contribution in [0.25, 0.3) is 6.08 Å². The number of allylic oxidation sites excluding steroid dienone is 1. The second-order valence-electron chi connectivity index (χ2n) is 7.69. The van der Waals surface area contributed by atoms with Crippen molar-refractivity contribution >= 4 is 23.8 Å². The van der Waals surface area contributed by atoms with Gasteiger partial charge in [0.1, 0.15) is 0 Å². The fourth-order valence-electron chi connectivity index (χ4n) is 3.38. The van der Waals surface area contributed by atoms with Crippen molar-refractivity contribution in [2.24, 2.45) is 0 Å². The summed E-state index contributed by atoms with van der Waals surface area (Å²) in [6.07, 6.45) is 13.8. The second-order valence-corrected chi connectivity index (χ2v) is 8.80. The molecule has 0 amide bonds. The van der Waals surface area contributed by atoms with Crippen LogP contribution in [-0.4, -0.2) is 24.6 Å². The van der Waals surface area contributed by atoms with Crippen LogP contribution in [-0.2, 0) is 28.8 Å². The Morgan fingerprint density at radius 1 is 0.933 bits per heavy atom. The highest BCUT2D eigenvalue weighted by Crippen LogP contribution is 2.14. The number of hydrogen-bond acceptors (Lipinski definition) is 3. The van der Waals surface area contributed by atoms with Crippen LogP contribution in [0.15, 0.2) is 54.6 Å². The maximum Gasteiger partial charge on any atom is 0.315 e. The van der Waals surface area contributed by atoms with Gasteiger partial charge in [0.15, 0.2) is 0 Å². The third-order valence-corrected chi connectivity index (χ3v) is 6.17. The molecule has 2 aromatic rings. The number of aryl methyl sites for hydroxylation is 3. The third kappa shape index (κ3) is 10.2. The number of carbonyl (C=O) groups excluding carboxylic acids is 1. The Morgan fingerprint density at radius 3 is 2.40 bits per heavy atom. The highest BCUT2D eigenvalue weighted by atomic mass is 32.2. The van der Waals surface area contributed by atoms with Crippen molar-refractivity contribution in [3.8, 4) is 0 Å². The molecule has 0 fully saturated rings. The second kappa shape index (κ2) is 14.9. The normalized spacial score (nSPS) is 11.1. The molecule has 0 aromatic heterocycles. The number of thioether (sulfide) groups is 1. The highest BCUT2D eigenvalue weighted by molar-refractivity contribution is 7.99. The molecule has 2 rings (SSSR count). The maximum absolute atomic E-state index is 11.1. The van der Waals surface area contributed by atoms with Gasteiger partial charge in [-0.3, -0.25) is 4.79 Å². The molecule has 0 heterocycles. The van der Waals surface area contributed by atoms with Gasteiger partial charge in [-0.1, -0.05) is 80.4 Å². The molecule has 0 radical (unpaired) electrons. The van der Waals surface area contributed by atoms with E-state index in [4.69, 9.17) is 0 Å². The predicted octanol–water partition coefficient (Wildman–Crippen LogP) is 6.90. The van der Waals surface area contributed by atoms with E-state index < -0.39 is 0 Å². The van der Waals surface area contributed by atoms with Gasteiger partial charge in [0, 0.05) is 0 Å². The van der Waals surface area contributed by atoms with E-state index in [0.29, 0.717) is 5.75 Å². The van der Waals surface area contributed by atoms with E-state index in [1.54, 1.807) is 11.8 Å². The molecule has 0 aliphatic heterocycles. The summed E-state index contributed by atoms with van der Waals surface area (Å²) in [5.41, 5.74) is 5.51. The van der Waals surface area contributed by atoms with Crippen molar-refractivity contribution < 1.29 is 9.53 Å². The molecular formula is C27H36O2S. The van der Waals surface area contributed by atoms with E-state index in [9.17, 15) is 4.79 Å². The van der Waals surface area contributed by atoms with E-state index in [-0.39, 0.29) is 5.97 Å². The van der Waals surface area contributed by atoms with E-state index in [0.717, 1.165) is 31.4 Å². The molecule has 0 N–H and O–H groups in total. The number of rotatable bonds is 14. The SMILES string of the molecule is CCCCCc1ccc(/C=C/CCc2cccc(CCCSCC(=O)OC)c2)cc1. The standard InChI is InChI=1S/C27H36O2S/c1-3-4-5-10-23-16-18-24(19-17-23)11-6-7-12-25-13-8-14-26(21-25)15-9-20-30-22-27(28)29-2/h6,8,11,13-14,16-19,21H,3-5,7,9-10,12,15,20,22H2,1-2H3/b11-6+. The summed E-state index contributed by atoms with van der Waals surface area (Å²) >= 11 is 1.65. The van der Waals surface area contributed by atoms with Gasteiger partial charge in [-0.2, -0.15) is 11.8 Å². The van der Waals surface area contributed by atoms with Crippen LogP contribution < -0.4 is 0 Å². The molecule has 0 spiro atoms. The van der Waals surface area contributed by atoms with Crippen LogP contribution in [0.1, 0.15) is 61.3 Å². The van der Waals surface area contributed by atoms with E-state index >= 15 is 0 Å². The lowest BCUT2D eigenvalue weighted by molar-refractivity contribution is -0.137. The molecule has 0 unspecified atom stereocenters. The third-order valence-electron chi connectivity index (χ3n) is 5.15. The zero-order valence-electron chi connectivity index (χ0n) is 18.6. The van der Waals surface area contributed by atoms with Crippen molar-refractivity contribution in [2.45, 2.75) is 58.3 Å². The van der Waals surface area contributed by atoms with Gasteiger partial charge in [-0.25, -0.2) is 0 Å². The minimum Gasteiger partial charge on any atom is -0.468 e. The van der Waals surface area contributed by atoms with Crippen LogP contribution in [0, 0.1) is 0 Å². The first-order chi connectivity index (χ1) is 14.7. The minimum absolute atomic E-state index is 0.141.